The first kappa shape index (κ1) is 16.6. The minimum Gasteiger partial charge on any atom is -0.325 e. The molecular weight excluding hydrogens is 365 g/mol. The first-order valence-electron chi connectivity index (χ1n) is 6.90. The van der Waals surface area contributed by atoms with Crippen molar-refractivity contribution in [2.24, 2.45) is 0 Å². The van der Waals surface area contributed by atoms with Gasteiger partial charge in [-0.3, -0.25) is 0 Å². The summed E-state index contributed by atoms with van der Waals surface area (Å²) in [5.74, 6) is 0. The van der Waals surface area contributed by atoms with Gasteiger partial charge in [0.25, 0.3) is 0 Å². The summed E-state index contributed by atoms with van der Waals surface area (Å²) in [6.07, 6.45) is 0. The highest BCUT2D eigenvalue weighted by atomic mass is 35.5. The van der Waals surface area contributed by atoms with Crippen LogP contribution in [-0.2, 0) is 0 Å². The van der Waals surface area contributed by atoms with E-state index in [-0.39, 0.29) is 0 Å². The first-order chi connectivity index (χ1) is 11.1. The van der Waals surface area contributed by atoms with Gasteiger partial charge in [0.15, 0.2) is 0 Å². The summed E-state index contributed by atoms with van der Waals surface area (Å²) in [4.78, 5) is 1.99. The van der Waals surface area contributed by atoms with Crippen LogP contribution < -0.4 is 4.72 Å². The van der Waals surface area contributed by atoms with Crippen LogP contribution in [0.2, 0.25) is 10.0 Å². The number of nitrogens with one attached hydrogen (secondary N) is 1. The summed E-state index contributed by atoms with van der Waals surface area (Å²) in [5, 5.41) is 1.13. The van der Waals surface area contributed by atoms with Crippen LogP contribution >= 0.6 is 47.8 Å². The lowest BCUT2D eigenvalue weighted by Gasteiger charge is -2.10. The van der Waals surface area contributed by atoms with Gasteiger partial charge in [0.05, 0.1) is 15.7 Å². The van der Waals surface area contributed by atoms with E-state index in [0.29, 0.717) is 10.0 Å². The fourth-order valence-electron chi connectivity index (χ4n) is 2.13. The number of rotatable bonds is 4. The molecule has 5 heteroatoms. The van der Waals surface area contributed by atoms with Gasteiger partial charge in [-0.15, -0.1) is 12.6 Å². The number of para-hydroxylation sites is 1. The minimum absolute atomic E-state index is 0.560. The quantitative estimate of drug-likeness (QED) is 0.372. The number of halogens is 2. The molecule has 0 bridgehead atoms. The molecule has 23 heavy (non-hydrogen) atoms. The molecule has 0 spiro atoms. The van der Waals surface area contributed by atoms with E-state index in [2.05, 4.69) is 23.4 Å². The van der Waals surface area contributed by atoms with Crippen LogP contribution in [0, 0.1) is 0 Å². The van der Waals surface area contributed by atoms with E-state index in [9.17, 15) is 0 Å². The molecule has 1 nitrogen and oxygen atoms in total. The lowest BCUT2D eigenvalue weighted by Crippen LogP contribution is -1.88. The zero-order valence-corrected chi connectivity index (χ0v) is 15.2. The molecule has 3 aromatic carbocycles. The van der Waals surface area contributed by atoms with Crippen molar-refractivity contribution >= 4 is 53.5 Å². The first-order valence-corrected chi connectivity index (χ1v) is 8.92. The third kappa shape index (κ3) is 3.99. The Morgan fingerprint density at radius 2 is 1.65 bits per heavy atom. The van der Waals surface area contributed by atoms with E-state index < -0.39 is 0 Å². The Morgan fingerprint density at radius 1 is 0.870 bits per heavy atom. The molecule has 0 aliphatic heterocycles. The van der Waals surface area contributed by atoms with Crippen LogP contribution in [0.15, 0.2) is 76.5 Å². The average Bonchev–Trinajstić information content (AvgIpc) is 2.57. The van der Waals surface area contributed by atoms with E-state index in [1.165, 1.54) is 11.9 Å². The van der Waals surface area contributed by atoms with Gasteiger partial charge in [-0.2, -0.15) is 0 Å². The Balaban J connectivity index is 1.83. The monoisotopic (exact) mass is 377 g/mol. The molecule has 0 saturated carbocycles. The molecule has 0 unspecified atom stereocenters. The topological polar surface area (TPSA) is 12.0 Å². The smallest absolute Gasteiger partial charge is 0.0670 e. The van der Waals surface area contributed by atoms with Crippen LogP contribution in [0.1, 0.15) is 0 Å². The van der Waals surface area contributed by atoms with Crippen molar-refractivity contribution in [1.29, 1.82) is 0 Å². The van der Waals surface area contributed by atoms with E-state index in [0.717, 1.165) is 26.6 Å². The highest BCUT2D eigenvalue weighted by Crippen LogP contribution is 2.35. The Kier molecular flexibility index (Phi) is 5.44. The SMILES string of the molecule is Sc1ccccc1NSc1cccc(-c2cccc(Cl)c2Cl)c1. The Morgan fingerprint density at radius 3 is 2.48 bits per heavy atom. The second kappa shape index (κ2) is 7.54. The number of benzene rings is 3. The van der Waals surface area contributed by atoms with Crippen LogP contribution in [-0.4, -0.2) is 0 Å². The predicted molar refractivity (Wildman–Crippen MR) is 105 cm³/mol. The molecule has 0 aromatic heterocycles. The van der Waals surface area contributed by atoms with Gasteiger partial charge in [0.1, 0.15) is 0 Å². The van der Waals surface area contributed by atoms with Crippen molar-refractivity contribution in [3.8, 4) is 11.1 Å². The van der Waals surface area contributed by atoms with Crippen LogP contribution in [0.25, 0.3) is 11.1 Å². The van der Waals surface area contributed by atoms with Gasteiger partial charge in [0.2, 0.25) is 0 Å². The fourth-order valence-corrected chi connectivity index (χ4v) is 3.57. The van der Waals surface area contributed by atoms with Crippen molar-refractivity contribution in [2.45, 2.75) is 9.79 Å². The zero-order valence-electron chi connectivity index (χ0n) is 12.0. The third-order valence-corrected chi connectivity index (χ3v) is 5.30. The maximum atomic E-state index is 6.31. The lowest BCUT2D eigenvalue weighted by atomic mass is 10.1. The number of hydrogen-bond acceptors (Lipinski definition) is 3. The molecule has 0 saturated heterocycles. The van der Waals surface area contributed by atoms with Crippen molar-refractivity contribution in [3.05, 3.63) is 76.8 Å². The molecule has 116 valence electrons. The van der Waals surface area contributed by atoms with Gasteiger partial charge in [-0.1, -0.05) is 59.6 Å². The normalized spacial score (nSPS) is 10.6. The maximum absolute atomic E-state index is 6.31. The van der Waals surface area contributed by atoms with E-state index in [1.54, 1.807) is 6.07 Å². The van der Waals surface area contributed by atoms with Crippen LogP contribution in [0.4, 0.5) is 5.69 Å². The molecule has 0 radical (unpaired) electrons. The van der Waals surface area contributed by atoms with Crippen molar-refractivity contribution in [1.82, 2.24) is 0 Å². The van der Waals surface area contributed by atoms with Gasteiger partial charge >= 0.3 is 0 Å². The molecule has 0 atom stereocenters. The zero-order chi connectivity index (χ0) is 16.2. The second-order valence-corrected chi connectivity index (χ2v) is 7.00. The maximum Gasteiger partial charge on any atom is 0.0670 e. The van der Waals surface area contributed by atoms with Gasteiger partial charge in [0, 0.05) is 15.4 Å². The van der Waals surface area contributed by atoms with Crippen molar-refractivity contribution < 1.29 is 0 Å². The summed E-state index contributed by atoms with van der Waals surface area (Å²) >= 11 is 18.4. The van der Waals surface area contributed by atoms with Crippen LogP contribution in [0.3, 0.4) is 0 Å². The van der Waals surface area contributed by atoms with Gasteiger partial charge < -0.3 is 4.72 Å². The lowest BCUT2D eigenvalue weighted by molar-refractivity contribution is 1.44. The highest BCUT2D eigenvalue weighted by molar-refractivity contribution is 8.00. The molecule has 0 fully saturated rings. The average molecular weight is 378 g/mol. The minimum atomic E-state index is 0.560. The summed E-state index contributed by atoms with van der Waals surface area (Å²) in [5.41, 5.74) is 2.94. The predicted octanol–water partition coefficient (Wildman–Crippen LogP) is 7.07. The number of thiol groups is 1. The molecular formula is C18H13Cl2NS2. The largest absolute Gasteiger partial charge is 0.325 e. The molecule has 3 rings (SSSR count). The highest BCUT2D eigenvalue weighted by Gasteiger charge is 2.07. The molecule has 0 heterocycles. The second-order valence-electron chi connectivity index (χ2n) is 4.85. The van der Waals surface area contributed by atoms with E-state index >= 15 is 0 Å². The molecule has 3 aromatic rings. The van der Waals surface area contributed by atoms with E-state index in [1.807, 2.05) is 54.6 Å². The van der Waals surface area contributed by atoms with Crippen LogP contribution in [0.5, 0.6) is 0 Å². The fraction of sp³-hybridized carbons (Fsp3) is 0. The molecule has 1 N–H and O–H groups in total. The van der Waals surface area contributed by atoms with Crippen molar-refractivity contribution in [3.63, 3.8) is 0 Å². The Bertz CT molecular complexity index is 837. The Labute approximate surface area is 155 Å². The molecule has 0 aliphatic rings. The summed E-state index contributed by atoms with van der Waals surface area (Å²) in [6.45, 7) is 0. The standard InChI is InChI=1S/C18H13Cl2NS2/c19-15-8-4-7-14(18(15)20)12-5-3-6-13(11-12)23-21-16-9-1-2-10-17(16)22/h1-11,21-22H. The van der Waals surface area contributed by atoms with Gasteiger partial charge in [-0.25, -0.2) is 0 Å². The summed E-state index contributed by atoms with van der Waals surface area (Å²) in [7, 11) is 0. The van der Waals surface area contributed by atoms with Gasteiger partial charge in [-0.05, 0) is 47.8 Å². The molecule has 0 aliphatic carbocycles. The summed E-state index contributed by atoms with van der Waals surface area (Å²) < 4.78 is 3.32. The summed E-state index contributed by atoms with van der Waals surface area (Å²) in [6, 6.07) is 21.7. The van der Waals surface area contributed by atoms with Crippen molar-refractivity contribution in [2.75, 3.05) is 4.72 Å². The third-order valence-electron chi connectivity index (χ3n) is 3.28. The molecule has 0 amide bonds. The number of anilines is 1. The Hall–Kier alpha value is -1.26. The number of hydrogen-bond donors (Lipinski definition) is 2. The van der Waals surface area contributed by atoms with E-state index in [4.69, 9.17) is 23.2 Å².